The van der Waals surface area contributed by atoms with E-state index in [1.54, 1.807) is 11.9 Å². The molecule has 2 aromatic rings. The zero-order chi connectivity index (χ0) is 17.1. The highest BCUT2D eigenvalue weighted by atomic mass is 35.5. The van der Waals surface area contributed by atoms with E-state index in [4.69, 9.17) is 16.3 Å². The van der Waals surface area contributed by atoms with Gasteiger partial charge in [0.2, 0.25) is 0 Å². The molecule has 1 aliphatic heterocycles. The largest absolute Gasteiger partial charge is 0.493 e. The number of fused-ring (bicyclic) bond motifs is 1. The highest BCUT2D eigenvalue weighted by molar-refractivity contribution is 6.30. The number of carbonyl (C=O) groups excluding carboxylic acids is 1. The van der Waals surface area contributed by atoms with Crippen LogP contribution in [0.3, 0.4) is 0 Å². The number of nitrogens with one attached hydrogen (secondary N) is 1. The van der Waals surface area contributed by atoms with Crippen molar-refractivity contribution in [3.8, 4) is 5.75 Å². The molecule has 0 spiro atoms. The number of para-hydroxylation sites is 1. The molecule has 0 bridgehead atoms. The van der Waals surface area contributed by atoms with Gasteiger partial charge in [0.15, 0.2) is 0 Å². The second-order valence-corrected chi connectivity index (χ2v) is 6.73. The minimum atomic E-state index is -0.0915. The van der Waals surface area contributed by atoms with Crippen LogP contribution < -0.4 is 10.1 Å². The van der Waals surface area contributed by atoms with Gasteiger partial charge in [-0.25, -0.2) is 4.79 Å². The van der Waals surface area contributed by atoms with Crippen molar-refractivity contribution in [2.75, 3.05) is 20.2 Å². The monoisotopic (exact) mass is 347 g/mol. The van der Waals surface area contributed by atoms with E-state index >= 15 is 0 Å². The Labute approximate surface area is 147 Å². The molecule has 1 aromatic carbocycles. The lowest BCUT2D eigenvalue weighted by Gasteiger charge is -2.26. The van der Waals surface area contributed by atoms with Crippen LogP contribution in [0.15, 0.2) is 36.5 Å². The number of nitrogens with zero attached hydrogens (tertiary/aromatic N) is 2. The number of aryl methyl sites for hydroxylation is 1. The van der Waals surface area contributed by atoms with Gasteiger partial charge in [-0.2, -0.15) is 0 Å². The van der Waals surface area contributed by atoms with Gasteiger partial charge in [0.25, 0.3) is 0 Å². The van der Waals surface area contributed by atoms with Gasteiger partial charge in [-0.05, 0) is 24.1 Å². The molecule has 128 valence electrons. The summed E-state index contributed by atoms with van der Waals surface area (Å²) in [7, 11) is 3.70. The zero-order valence-electron chi connectivity index (χ0n) is 14.0. The third kappa shape index (κ3) is 3.85. The van der Waals surface area contributed by atoms with Crippen LogP contribution in [0.2, 0.25) is 5.02 Å². The number of benzene rings is 1. The third-order valence-electron chi connectivity index (χ3n) is 4.32. The molecule has 3 rings (SSSR count). The summed E-state index contributed by atoms with van der Waals surface area (Å²) in [4.78, 5) is 13.9. The summed E-state index contributed by atoms with van der Waals surface area (Å²) in [5, 5.41) is 3.67. The van der Waals surface area contributed by atoms with Crippen LogP contribution in [-0.4, -0.2) is 35.7 Å². The fraction of sp³-hybridized carbons (Fsp3) is 0.389. The van der Waals surface area contributed by atoms with Crippen molar-refractivity contribution in [1.82, 2.24) is 14.8 Å². The van der Waals surface area contributed by atoms with Gasteiger partial charge in [0.05, 0.1) is 18.2 Å². The van der Waals surface area contributed by atoms with Gasteiger partial charge < -0.3 is 19.5 Å². The number of amides is 2. The van der Waals surface area contributed by atoms with Crippen LogP contribution >= 0.6 is 11.6 Å². The number of halogens is 1. The summed E-state index contributed by atoms with van der Waals surface area (Å²) in [5.74, 6) is 1.25. The van der Waals surface area contributed by atoms with E-state index in [2.05, 4.69) is 11.4 Å². The Bertz CT molecular complexity index is 729. The van der Waals surface area contributed by atoms with Crippen LogP contribution in [0.4, 0.5) is 4.79 Å². The first kappa shape index (κ1) is 16.7. The molecule has 24 heavy (non-hydrogen) atoms. The average molecular weight is 348 g/mol. The van der Waals surface area contributed by atoms with Crippen molar-refractivity contribution in [3.63, 3.8) is 0 Å². The Morgan fingerprint density at radius 1 is 1.46 bits per heavy atom. The highest BCUT2D eigenvalue weighted by Crippen LogP contribution is 2.26. The highest BCUT2D eigenvalue weighted by Gasteiger charge is 2.20. The SMILES string of the molecule is CN(Cc1cc(Cl)cn1C)C(=O)NC[C@@H]1COc2ccccc2C1. The normalized spacial score (nSPS) is 16.2. The lowest BCUT2D eigenvalue weighted by atomic mass is 9.97. The third-order valence-corrected chi connectivity index (χ3v) is 4.52. The summed E-state index contributed by atoms with van der Waals surface area (Å²) in [6.45, 7) is 1.75. The van der Waals surface area contributed by atoms with E-state index in [-0.39, 0.29) is 6.03 Å². The zero-order valence-corrected chi connectivity index (χ0v) is 14.7. The predicted molar refractivity (Wildman–Crippen MR) is 94.4 cm³/mol. The molecule has 0 saturated heterocycles. The summed E-state index contributed by atoms with van der Waals surface area (Å²) in [5.41, 5.74) is 2.20. The summed E-state index contributed by atoms with van der Waals surface area (Å²) in [6, 6.07) is 9.84. The number of ether oxygens (including phenoxy) is 1. The quantitative estimate of drug-likeness (QED) is 0.924. The number of rotatable bonds is 4. The molecule has 2 heterocycles. The molecule has 0 saturated carbocycles. The fourth-order valence-corrected chi connectivity index (χ4v) is 3.20. The lowest BCUT2D eigenvalue weighted by Crippen LogP contribution is -2.41. The van der Waals surface area contributed by atoms with Crippen LogP contribution in [-0.2, 0) is 20.0 Å². The number of hydrogen-bond donors (Lipinski definition) is 1. The summed E-state index contributed by atoms with van der Waals surface area (Å²) >= 11 is 5.98. The van der Waals surface area contributed by atoms with Gasteiger partial charge in [0.1, 0.15) is 5.75 Å². The first-order valence-corrected chi connectivity index (χ1v) is 8.41. The van der Waals surface area contributed by atoms with Gasteiger partial charge in [-0.3, -0.25) is 0 Å². The Balaban J connectivity index is 1.50. The lowest BCUT2D eigenvalue weighted by molar-refractivity contribution is 0.192. The van der Waals surface area contributed by atoms with Crippen molar-refractivity contribution in [3.05, 3.63) is 52.8 Å². The standard InChI is InChI=1S/C18H22ClN3O2/c1-21-10-15(19)8-16(21)11-22(2)18(23)20-9-13-7-14-5-3-4-6-17(14)24-12-13/h3-6,8,10,13H,7,9,11-12H2,1-2H3,(H,20,23)/t13-/m1/s1. The van der Waals surface area contributed by atoms with E-state index < -0.39 is 0 Å². The van der Waals surface area contributed by atoms with Crippen LogP contribution in [0.25, 0.3) is 0 Å². The first-order valence-electron chi connectivity index (χ1n) is 8.03. The van der Waals surface area contributed by atoms with Gasteiger partial charge in [-0.15, -0.1) is 0 Å². The molecular weight excluding hydrogens is 326 g/mol. The van der Waals surface area contributed by atoms with Crippen molar-refractivity contribution in [2.45, 2.75) is 13.0 Å². The molecular formula is C18H22ClN3O2. The van der Waals surface area contributed by atoms with E-state index in [0.717, 1.165) is 17.9 Å². The van der Waals surface area contributed by atoms with E-state index in [1.165, 1.54) is 5.56 Å². The van der Waals surface area contributed by atoms with Crippen LogP contribution in [0.5, 0.6) is 5.75 Å². The number of carbonyl (C=O) groups is 1. The Morgan fingerprint density at radius 2 is 2.25 bits per heavy atom. The molecule has 1 aromatic heterocycles. The Kier molecular flexibility index (Phi) is 5.00. The van der Waals surface area contributed by atoms with Crippen molar-refractivity contribution < 1.29 is 9.53 Å². The number of hydrogen-bond acceptors (Lipinski definition) is 2. The van der Waals surface area contributed by atoms with Crippen LogP contribution in [0.1, 0.15) is 11.3 Å². The van der Waals surface area contributed by atoms with Gasteiger partial charge >= 0.3 is 6.03 Å². The smallest absolute Gasteiger partial charge is 0.317 e. The van der Waals surface area contributed by atoms with Crippen molar-refractivity contribution in [2.24, 2.45) is 13.0 Å². The molecule has 5 nitrogen and oxygen atoms in total. The first-order chi connectivity index (χ1) is 11.5. The molecule has 1 aliphatic rings. The molecule has 1 atom stereocenters. The van der Waals surface area contributed by atoms with Crippen molar-refractivity contribution in [1.29, 1.82) is 0 Å². The summed E-state index contributed by atoms with van der Waals surface area (Å²) < 4.78 is 7.69. The predicted octanol–water partition coefficient (Wildman–Crippen LogP) is 3.07. The minimum Gasteiger partial charge on any atom is -0.493 e. The molecule has 0 fully saturated rings. The van der Waals surface area contributed by atoms with Gasteiger partial charge in [0, 0.05) is 38.4 Å². The average Bonchev–Trinajstić information content (AvgIpc) is 2.89. The maximum absolute atomic E-state index is 12.3. The van der Waals surface area contributed by atoms with Crippen molar-refractivity contribution >= 4 is 17.6 Å². The summed E-state index contributed by atoms with van der Waals surface area (Å²) in [6.07, 6.45) is 2.76. The topological polar surface area (TPSA) is 46.5 Å². The molecule has 2 amide bonds. The molecule has 6 heteroatoms. The van der Waals surface area contributed by atoms with E-state index in [1.807, 2.05) is 42.1 Å². The fourth-order valence-electron chi connectivity index (χ4n) is 2.93. The van der Waals surface area contributed by atoms with Crippen LogP contribution in [0, 0.1) is 5.92 Å². The molecule has 0 aliphatic carbocycles. The van der Waals surface area contributed by atoms with E-state index in [0.29, 0.717) is 30.6 Å². The molecule has 1 N–H and O–H groups in total. The molecule has 0 unspecified atom stereocenters. The molecule has 0 radical (unpaired) electrons. The number of urea groups is 1. The maximum atomic E-state index is 12.3. The van der Waals surface area contributed by atoms with Gasteiger partial charge in [-0.1, -0.05) is 29.8 Å². The maximum Gasteiger partial charge on any atom is 0.317 e. The minimum absolute atomic E-state index is 0.0915. The Morgan fingerprint density at radius 3 is 3.00 bits per heavy atom. The second kappa shape index (κ2) is 7.18. The van der Waals surface area contributed by atoms with E-state index in [9.17, 15) is 4.79 Å². The number of aromatic nitrogens is 1. The Hall–Kier alpha value is -2.14. The second-order valence-electron chi connectivity index (χ2n) is 6.29.